The van der Waals surface area contributed by atoms with Crippen molar-refractivity contribution in [3.05, 3.63) is 35.4 Å². The summed E-state index contributed by atoms with van der Waals surface area (Å²) in [5.41, 5.74) is 1.51. The van der Waals surface area contributed by atoms with Crippen LogP contribution in [0.2, 0.25) is 0 Å². The first kappa shape index (κ1) is 13.3. The molecule has 0 bridgehead atoms. The number of carbonyl (C=O) groups is 1. The van der Waals surface area contributed by atoms with Crippen molar-refractivity contribution in [1.82, 2.24) is 0 Å². The van der Waals surface area contributed by atoms with E-state index in [2.05, 4.69) is 13.8 Å². The molecule has 1 unspecified atom stereocenters. The van der Waals surface area contributed by atoms with E-state index < -0.39 is 5.60 Å². The third kappa shape index (κ3) is 2.81. The van der Waals surface area contributed by atoms with Crippen LogP contribution in [-0.2, 0) is 16.8 Å². The molecule has 2 heteroatoms. The molecule has 1 saturated carbocycles. The molecule has 1 aromatic carbocycles. The number of carbonyl (C=O) groups excluding carboxylic acids is 1. The Balaban J connectivity index is 2.21. The summed E-state index contributed by atoms with van der Waals surface area (Å²) in [5, 5.41) is 10.8. The monoisotopic (exact) mass is 246 g/mol. The molecule has 2 rings (SSSR count). The maximum absolute atomic E-state index is 10.8. The predicted octanol–water partition coefficient (Wildman–Crippen LogP) is 3.22. The van der Waals surface area contributed by atoms with Crippen LogP contribution in [0.3, 0.4) is 0 Å². The van der Waals surface area contributed by atoms with Gasteiger partial charge in [0.1, 0.15) is 6.29 Å². The van der Waals surface area contributed by atoms with E-state index in [-0.39, 0.29) is 5.41 Å². The minimum atomic E-state index is -0.693. The van der Waals surface area contributed by atoms with Crippen molar-refractivity contribution in [3.8, 4) is 0 Å². The summed E-state index contributed by atoms with van der Waals surface area (Å²) in [6.07, 6.45) is 5.26. The number of aliphatic hydroxyl groups is 1. The first-order valence-electron chi connectivity index (χ1n) is 6.71. The van der Waals surface area contributed by atoms with Gasteiger partial charge in [0.2, 0.25) is 0 Å². The van der Waals surface area contributed by atoms with Crippen molar-refractivity contribution in [2.75, 3.05) is 0 Å². The molecule has 0 saturated heterocycles. The topological polar surface area (TPSA) is 37.3 Å². The fraction of sp³-hybridized carbons (Fsp3) is 0.562. The van der Waals surface area contributed by atoms with Crippen molar-refractivity contribution >= 4 is 6.29 Å². The van der Waals surface area contributed by atoms with Gasteiger partial charge in [0, 0.05) is 6.42 Å². The van der Waals surface area contributed by atoms with Gasteiger partial charge in [-0.1, -0.05) is 38.1 Å². The lowest BCUT2D eigenvalue weighted by Gasteiger charge is -2.42. The van der Waals surface area contributed by atoms with Crippen LogP contribution < -0.4 is 0 Å². The molecule has 1 atom stereocenters. The van der Waals surface area contributed by atoms with Crippen molar-refractivity contribution in [2.24, 2.45) is 5.41 Å². The van der Waals surface area contributed by atoms with Crippen LogP contribution in [0, 0.1) is 5.41 Å². The zero-order chi connectivity index (χ0) is 13.2. The molecule has 2 nitrogen and oxygen atoms in total. The van der Waals surface area contributed by atoms with Crippen LogP contribution in [-0.4, -0.2) is 11.4 Å². The molecule has 0 radical (unpaired) electrons. The van der Waals surface area contributed by atoms with Gasteiger partial charge < -0.3 is 9.90 Å². The summed E-state index contributed by atoms with van der Waals surface area (Å²) in [7, 11) is 0. The van der Waals surface area contributed by atoms with Gasteiger partial charge in [-0.3, -0.25) is 0 Å². The molecule has 0 spiro atoms. The van der Waals surface area contributed by atoms with E-state index in [1.807, 2.05) is 24.3 Å². The highest BCUT2D eigenvalue weighted by Gasteiger charge is 2.39. The second kappa shape index (κ2) is 4.85. The highest BCUT2D eigenvalue weighted by molar-refractivity contribution is 5.55. The van der Waals surface area contributed by atoms with Crippen LogP contribution in [0.25, 0.3) is 0 Å². The Morgan fingerprint density at radius 1 is 1.22 bits per heavy atom. The van der Waals surface area contributed by atoms with Gasteiger partial charge in [-0.2, -0.15) is 0 Å². The standard InChI is InChI=1S/C16H22O2/c1-15(2)9-3-10-16(18,12-15)14-6-4-13(5-7-14)8-11-17/h4-7,11,18H,3,8-10,12H2,1-2H3. The molecule has 0 amide bonds. The van der Waals surface area contributed by atoms with Crippen molar-refractivity contribution < 1.29 is 9.90 Å². The van der Waals surface area contributed by atoms with Crippen molar-refractivity contribution in [1.29, 1.82) is 0 Å². The third-order valence-electron chi connectivity index (χ3n) is 4.03. The van der Waals surface area contributed by atoms with Crippen molar-refractivity contribution in [3.63, 3.8) is 0 Å². The summed E-state index contributed by atoms with van der Waals surface area (Å²) in [5.74, 6) is 0. The van der Waals surface area contributed by atoms with Crippen molar-refractivity contribution in [2.45, 2.75) is 51.6 Å². The van der Waals surface area contributed by atoms with Gasteiger partial charge in [-0.25, -0.2) is 0 Å². The van der Waals surface area contributed by atoms with Gasteiger partial charge in [-0.15, -0.1) is 0 Å². The smallest absolute Gasteiger partial charge is 0.124 e. The average molecular weight is 246 g/mol. The molecule has 18 heavy (non-hydrogen) atoms. The minimum Gasteiger partial charge on any atom is -0.385 e. The molecule has 0 heterocycles. The molecule has 1 aliphatic carbocycles. The van der Waals surface area contributed by atoms with Crippen LogP contribution in [0.1, 0.15) is 50.7 Å². The van der Waals surface area contributed by atoms with E-state index in [1.54, 1.807) is 0 Å². The Morgan fingerprint density at radius 3 is 2.44 bits per heavy atom. The van der Waals surface area contributed by atoms with E-state index in [4.69, 9.17) is 0 Å². The second-order valence-corrected chi connectivity index (χ2v) is 6.29. The van der Waals surface area contributed by atoms with Crippen LogP contribution in [0.5, 0.6) is 0 Å². The van der Waals surface area contributed by atoms with Crippen LogP contribution >= 0.6 is 0 Å². The van der Waals surface area contributed by atoms with Crippen LogP contribution in [0.4, 0.5) is 0 Å². The molecule has 98 valence electrons. The fourth-order valence-corrected chi connectivity index (χ4v) is 3.12. The van der Waals surface area contributed by atoms with Gasteiger partial charge in [0.15, 0.2) is 0 Å². The fourth-order valence-electron chi connectivity index (χ4n) is 3.12. The van der Waals surface area contributed by atoms with E-state index in [0.717, 1.165) is 36.7 Å². The lowest BCUT2D eigenvalue weighted by atomic mass is 9.67. The van der Waals surface area contributed by atoms with Gasteiger partial charge in [0.25, 0.3) is 0 Å². The first-order chi connectivity index (χ1) is 8.45. The average Bonchev–Trinajstić information content (AvgIpc) is 2.28. The highest BCUT2D eigenvalue weighted by atomic mass is 16.3. The molecule has 1 aromatic rings. The molecule has 0 aromatic heterocycles. The molecule has 1 aliphatic rings. The Bertz CT molecular complexity index is 419. The number of hydrogen-bond acceptors (Lipinski definition) is 2. The van der Waals surface area contributed by atoms with E-state index >= 15 is 0 Å². The minimum absolute atomic E-state index is 0.203. The zero-order valence-corrected chi connectivity index (χ0v) is 11.3. The van der Waals surface area contributed by atoms with E-state index in [9.17, 15) is 9.90 Å². The molecule has 1 N–H and O–H groups in total. The quantitative estimate of drug-likeness (QED) is 0.831. The number of hydrogen-bond donors (Lipinski definition) is 1. The molecule has 0 aliphatic heterocycles. The summed E-state index contributed by atoms with van der Waals surface area (Å²) in [6.45, 7) is 4.44. The van der Waals surface area contributed by atoms with Gasteiger partial charge in [0.05, 0.1) is 5.60 Å². The molecular weight excluding hydrogens is 224 g/mol. The van der Waals surface area contributed by atoms with Crippen LogP contribution in [0.15, 0.2) is 24.3 Å². The maximum atomic E-state index is 10.8. The summed E-state index contributed by atoms with van der Waals surface area (Å²) < 4.78 is 0. The van der Waals surface area contributed by atoms with Gasteiger partial charge in [-0.05, 0) is 42.2 Å². The highest BCUT2D eigenvalue weighted by Crippen LogP contribution is 2.46. The Morgan fingerprint density at radius 2 is 1.89 bits per heavy atom. The predicted molar refractivity (Wildman–Crippen MR) is 72.4 cm³/mol. The Labute approximate surface area is 109 Å². The Kier molecular flexibility index (Phi) is 3.58. The number of rotatable bonds is 3. The summed E-state index contributed by atoms with van der Waals surface area (Å²) in [6, 6.07) is 7.84. The molecular formula is C16H22O2. The lowest BCUT2D eigenvalue weighted by molar-refractivity contribution is -0.107. The van der Waals surface area contributed by atoms with E-state index in [1.165, 1.54) is 6.42 Å². The summed E-state index contributed by atoms with van der Waals surface area (Å²) >= 11 is 0. The normalized spacial score (nSPS) is 26.8. The maximum Gasteiger partial charge on any atom is 0.124 e. The number of aldehydes is 1. The third-order valence-corrected chi connectivity index (χ3v) is 4.03. The largest absolute Gasteiger partial charge is 0.385 e. The SMILES string of the molecule is CC1(C)CCCC(O)(c2ccc(CC=O)cc2)C1. The first-order valence-corrected chi connectivity index (χ1v) is 6.71. The Hall–Kier alpha value is -1.15. The lowest BCUT2D eigenvalue weighted by Crippen LogP contribution is -2.36. The summed E-state index contributed by atoms with van der Waals surface area (Å²) in [4.78, 5) is 10.5. The van der Waals surface area contributed by atoms with Gasteiger partial charge >= 0.3 is 0 Å². The number of benzene rings is 1. The zero-order valence-electron chi connectivity index (χ0n) is 11.3. The van der Waals surface area contributed by atoms with E-state index in [0.29, 0.717) is 6.42 Å². The molecule has 1 fully saturated rings. The second-order valence-electron chi connectivity index (χ2n) is 6.29.